The fraction of sp³-hybridized carbons (Fsp3) is 0.727. The van der Waals surface area contributed by atoms with E-state index in [1.807, 2.05) is 6.33 Å². The normalized spacial score (nSPS) is 13.6. The Morgan fingerprint density at radius 3 is 2.79 bits per heavy atom. The van der Waals surface area contributed by atoms with E-state index in [-0.39, 0.29) is 0 Å². The minimum absolute atomic E-state index is 0.846. The van der Waals surface area contributed by atoms with Gasteiger partial charge in [-0.15, -0.1) is 0 Å². The van der Waals surface area contributed by atoms with E-state index in [1.54, 1.807) is 0 Å². The Kier molecular flexibility index (Phi) is 4.50. The molecular weight excluding hydrogens is 176 g/mol. The molecule has 14 heavy (non-hydrogen) atoms. The summed E-state index contributed by atoms with van der Waals surface area (Å²) in [5.74, 6) is 0.985. The summed E-state index contributed by atoms with van der Waals surface area (Å²) in [6.07, 6.45) is 5.18. The zero-order chi connectivity index (χ0) is 10.4. The molecule has 0 radical (unpaired) electrons. The van der Waals surface area contributed by atoms with Gasteiger partial charge < -0.3 is 9.30 Å². The lowest BCUT2D eigenvalue weighted by Gasteiger charge is -2.15. The average Bonchev–Trinajstić information content (AvgIpc) is 2.62. The van der Waals surface area contributed by atoms with Crippen molar-refractivity contribution in [2.75, 3.05) is 6.61 Å². The third-order valence-electron chi connectivity index (χ3n) is 1.98. The average molecular weight is 196 g/mol. The van der Waals surface area contributed by atoms with Crippen molar-refractivity contribution >= 4 is 0 Å². The van der Waals surface area contributed by atoms with Gasteiger partial charge in [-0.2, -0.15) is 0 Å². The van der Waals surface area contributed by atoms with Gasteiger partial charge in [0.25, 0.3) is 0 Å². The smallest absolute Gasteiger partial charge is 0.216 e. The minimum atomic E-state index is 0.846. The summed E-state index contributed by atoms with van der Waals surface area (Å²) in [5.41, 5.74) is 1.09. The SMILES string of the molecule is CCC.CCc1ncn2c1OCCC2. The molecule has 0 amide bonds. The van der Waals surface area contributed by atoms with Crippen molar-refractivity contribution in [2.24, 2.45) is 0 Å². The first-order chi connectivity index (χ1) is 6.83. The molecule has 1 aliphatic heterocycles. The molecule has 3 nitrogen and oxygen atoms in total. The summed E-state index contributed by atoms with van der Waals surface area (Å²) in [7, 11) is 0. The maximum Gasteiger partial charge on any atom is 0.216 e. The van der Waals surface area contributed by atoms with E-state index in [0.29, 0.717) is 0 Å². The molecule has 0 N–H and O–H groups in total. The fourth-order valence-corrected chi connectivity index (χ4v) is 1.38. The third kappa shape index (κ3) is 2.50. The summed E-state index contributed by atoms with van der Waals surface area (Å²) in [6.45, 7) is 8.25. The summed E-state index contributed by atoms with van der Waals surface area (Å²) in [4.78, 5) is 4.25. The Morgan fingerprint density at radius 2 is 2.14 bits per heavy atom. The lowest BCUT2D eigenvalue weighted by molar-refractivity contribution is 0.239. The van der Waals surface area contributed by atoms with Crippen LogP contribution in [-0.4, -0.2) is 16.2 Å². The van der Waals surface area contributed by atoms with Crippen molar-refractivity contribution in [2.45, 2.75) is 46.6 Å². The van der Waals surface area contributed by atoms with Crippen molar-refractivity contribution in [3.05, 3.63) is 12.0 Å². The topological polar surface area (TPSA) is 27.1 Å². The minimum Gasteiger partial charge on any atom is -0.477 e. The maximum atomic E-state index is 5.49. The number of hydrogen-bond acceptors (Lipinski definition) is 2. The molecule has 0 fully saturated rings. The van der Waals surface area contributed by atoms with Crippen LogP contribution in [-0.2, 0) is 13.0 Å². The Morgan fingerprint density at radius 1 is 1.43 bits per heavy atom. The number of ether oxygens (including phenoxy) is 1. The number of aromatic nitrogens is 2. The van der Waals surface area contributed by atoms with Crippen LogP contribution in [0.4, 0.5) is 0 Å². The molecule has 0 saturated heterocycles. The summed E-state index contributed by atoms with van der Waals surface area (Å²) in [6, 6.07) is 0. The predicted octanol–water partition coefficient (Wildman–Crippen LogP) is 2.64. The van der Waals surface area contributed by atoms with E-state index in [4.69, 9.17) is 4.74 Å². The quantitative estimate of drug-likeness (QED) is 0.690. The highest BCUT2D eigenvalue weighted by atomic mass is 16.5. The molecule has 2 heterocycles. The summed E-state index contributed by atoms with van der Waals surface area (Å²) in [5, 5.41) is 0. The van der Waals surface area contributed by atoms with Gasteiger partial charge >= 0.3 is 0 Å². The van der Waals surface area contributed by atoms with Crippen molar-refractivity contribution < 1.29 is 4.74 Å². The van der Waals surface area contributed by atoms with Crippen LogP contribution in [0.1, 0.15) is 39.3 Å². The van der Waals surface area contributed by atoms with Crippen LogP contribution in [0.25, 0.3) is 0 Å². The van der Waals surface area contributed by atoms with Gasteiger partial charge in [-0.25, -0.2) is 4.98 Å². The molecule has 1 aromatic rings. The highest BCUT2D eigenvalue weighted by Gasteiger charge is 2.13. The molecule has 0 aliphatic carbocycles. The monoisotopic (exact) mass is 196 g/mol. The van der Waals surface area contributed by atoms with Crippen LogP contribution >= 0.6 is 0 Å². The first-order valence-electron chi connectivity index (χ1n) is 5.50. The Hall–Kier alpha value is -0.990. The van der Waals surface area contributed by atoms with Gasteiger partial charge in [0.15, 0.2) is 0 Å². The maximum absolute atomic E-state index is 5.49. The lowest BCUT2D eigenvalue weighted by Crippen LogP contribution is -2.13. The zero-order valence-corrected chi connectivity index (χ0v) is 9.42. The van der Waals surface area contributed by atoms with Gasteiger partial charge in [0.05, 0.1) is 12.9 Å². The number of rotatable bonds is 1. The number of hydrogen-bond donors (Lipinski definition) is 0. The van der Waals surface area contributed by atoms with Crippen molar-refractivity contribution in [3.63, 3.8) is 0 Å². The second-order valence-corrected chi connectivity index (χ2v) is 3.45. The zero-order valence-electron chi connectivity index (χ0n) is 9.42. The highest BCUT2D eigenvalue weighted by molar-refractivity contribution is 5.20. The number of aryl methyl sites for hydroxylation is 2. The molecule has 0 saturated carbocycles. The predicted molar refractivity (Wildman–Crippen MR) is 57.7 cm³/mol. The van der Waals surface area contributed by atoms with Gasteiger partial charge in [0.1, 0.15) is 5.69 Å². The largest absolute Gasteiger partial charge is 0.477 e. The molecule has 2 rings (SSSR count). The molecule has 0 spiro atoms. The van der Waals surface area contributed by atoms with Gasteiger partial charge in [0.2, 0.25) is 5.88 Å². The van der Waals surface area contributed by atoms with Crippen LogP contribution < -0.4 is 4.74 Å². The molecule has 0 atom stereocenters. The van der Waals surface area contributed by atoms with E-state index in [0.717, 1.165) is 37.6 Å². The van der Waals surface area contributed by atoms with Crippen molar-refractivity contribution in [1.29, 1.82) is 0 Å². The summed E-state index contributed by atoms with van der Waals surface area (Å²) < 4.78 is 7.57. The molecule has 3 heteroatoms. The van der Waals surface area contributed by atoms with E-state index in [1.165, 1.54) is 6.42 Å². The molecular formula is C11H20N2O. The van der Waals surface area contributed by atoms with E-state index < -0.39 is 0 Å². The highest BCUT2D eigenvalue weighted by Crippen LogP contribution is 2.21. The van der Waals surface area contributed by atoms with Crippen molar-refractivity contribution in [3.8, 4) is 5.88 Å². The fourth-order valence-electron chi connectivity index (χ4n) is 1.38. The second-order valence-electron chi connectivity index (χ2n) is 3.45. The summed E-state index contributed by atoms with van der Waals surface area (Å²) >= 11 is 0. The van der Waals surface area contributed by atoms with Gasteiger partial charge in [-0.3, -0.25) is 0 Å². The number of nitrogens with zero attached hydrogens (tertiary/aromatic N) is 2. The van der Waals surface area contributed by atoms with Crippen LogP contribution in [0.3, 0.4) is 0 Å². The van der Waals surface area contributed by atoms with Gasteiger partial charge in [-0.1, -0.05) is 27.2 Å². The van der Waals surface area contributed by atoms with Crippen molar-refractivity contribution in [1.82, 2.24) is 9.55 Å². The first kappa shape index (κ1) is 11.1. The second kappa shape index (κ2) is 5.68. The third-order valence-corrected chi connectivity index (χ3v) is 1.98. The molecule has 1 aromatic heterocycles. The molecule has 1 aliphatic rings. The Balaban J connectivity index is 0.000000293. The van der Waals surface area contributed by atoms with E-state index in [9.17, 15) is 0 Å². The van der Waals surface area contributed by atoms with E-state index >= 15 is 0 Å². The Labute approximate surface area is 86.1 Å². The molecule has 0 unspecified atom stereocenters. The molecule has 0 aromatic carbocycles. The van der Waals surface area contributed by atoms with E-state index in [2.05, 4.69) is 30.3 Å². The molecule has 0 bridgehead atoms. The Bertz CT molecular complexity index is 255. The molecule has 80 valence electrons. The van der Waals surface area contributed by atoms with Crippen LogP contribution in [0.5, 0.6) is 5.88 Å². The van der Waals surface area contributed by atoms with Crippen LogP contribution in [0.15, 0.2) is 6.33 Å². The first-order valence-corrected chi connectivity index (χ1v) is 5.50. The van der Waals surface area contributed by atoms with Crippen LogP contribution in [0, 0.1) is 0 Å². The standard InChI is InChI=1S/C8H12N2O.C3H8/c1-2-7-8-10(6-9-7)4-3-5-11-8;1-3-2/h6H,2-5H2,1H3;3H2,1-2H3. The van der Waals surface area contributed by atoms with Gasteiger partial charge in [0, 0.05) is 6.54 Å². The number of fused-ring (bicyclic) bond motifs is 1. The lowest BCUT2D eigenvalue weighted by atomic mass is 10.3. The van der Waals surface area contributed by atoms with Gasteiger partial charge in [-0.05, 0) is 12.8 Å². The number of imidazole rings is 1. The van der Waals surface area contributed by atoms with Crippen LogP contribution in [0.2, 0.25) is 0 Å².